The number of para-hydroxylation sites is 1. The number of carbonyl (C=O) groups is 1. The van der Waals surface area contributed by atoms with Crippen LogP contribution in [0.15, 0.2) is 42.5 Å². The minimum Gasteiger partial charge on any atom is -0.479 e. The highest BCUT2D eigenvalue weighted by molar-refractivity contribution is 6.32. The Balaban J connectivity index is 1.77. The second-order valence-electron chi connectivity index (χ2n) is 5.85. The van der Waals surface area contributed by atoms with Crippen molar-refractivity contribution in [1.29, 1.82) is 0 Å². The number of nitrogens with zero attached hydrogens (tertiary/aromatic N) is 2. The molecule has 2 aromatic rings. The van der Waals surface area contributed by atoms with E-state index in [-0.39, 0.29) is 22.4 Å². The molecule has 1 aliphatic heterocycles. The Morgan fingerprint density at radius 1 is 1.32 bits per heavy atom. The zero-order chi connectivity index (χ0) is 18.0. The summed E-state index contributed by atoms with van der Waals surface area (Å²) < 4.78 is 5.66. The third-order valence-corrected chi connectivity index (χ3v) is 4.45. The quantitative estimate of drug-likeness (QED) is 0.610. The van der Waals surface area contributed by atoms with Gasteiger partial charge in [-0.25, -0.2) is 0 Å². The van der Waals surface area contributed by atoms with E-state index < -0.39 is 11.0 Å². The van der Waals surface area contributed by atoms with E-state index >= 15 is 0 Å². The van der Waals surface area contributed by atoms with Crippen molar-refractivity contribution in [3.63, 3.8) is 0 Å². The van der Waals surface area contributed by atoms with Crippen molar-refractivity contribution in [1.82, 2.24) is 0 Å². The molecule has 0 saturated heterocycles. The number of carbonyl (C=O) groups excluding carboxylic acids is 1. The predicted octanol–water partition coefficient (Wildman–Crippen LogP) is 3.99. The molecule has 2 aromatic carbocycles. The van der Waals surface area contributed by atoms with E-state index in [0.717, 1.165) is 24.1 Å². The van der Waals surface area contributed by atoms with Gasteiger partial charge in [0, 0.05) is 24.4 Å². The molecule has 0 fully saturated rings. The number of benzene rings is 2. The number of hydrogen-bond acceptors (Lipinski definition) is 4. The lowest BCUT2D eigenvalue weighted by Crippen LogP contribution is -2.43. The Labute approximate surface area is 150 Å². The Hall–Kier alpha value is -2.60. The minimum atomic E-state index is -0.759. The number of rotatable bonds is 4. The van der Waals surface area contributed by atoms with Crippen molar-refractivity contribution in [2.45, 2.75) is 25.9 Å². The van der Waals surface area contributed by atoms with Gasteiger partial charge in [-0.2, -0.15) is 0 Å². The molecule has 6 nitrogen and oxygen atoms in total. The number of non-ortho nitro benzene ring substituents is 1. The highest BCUT2D eigenvalue weighted by atomic mass is 35.5. The maximum Gasteiger partial charge on any atom is 0.271 e. The first-order chi connectivity index (χ1) is 12.0. The number of amides is 1. The molecule has 3 rings (SSSR count). The molecule has 0 aliphatic carbocycles. The van der Waals surface area contributed by atoms with Gasteiger partial charge in [0.05, 0.1) is 9.95 Å². The number of nitro groups is 1. The summed E-state index contributed by atoms with van der Waals surface area (Å²) in [6, 6.07) is 11.7. The van der Waals surface area contributed by atoms with Gasteiger partial charge in [0.25, 0.3) is 11.6 Å². The lowest BCUT2D eigenvalue weighted by Gasteiger charge is -2.31. The molecule has 25 heavy (non-hydrogen) atoms. The van der Waals surface area contributed by atoms with Crippen LogP contribution in [0, 0.1) is 10.1 Å². The van der Waals surface area contributed by atoms with Crippen molar-refractivity contribution >= 4 is 28.9 Å². The maximum absolute atomic E-state index is 12.8. The van der Waals surface area contributed by atoms with Gasteiger partial charge in [-0.1, -0.05) is 29.8 Å². The van der Waals surface area contributed by atoms with Crippen LogP contribution in [0.1, 0.15) is 18.9 Å². The van der Waals surface area contributed by atoms with Crippen LogP contribution in [0.25, 0.3) is 0 Å². The molecule has 0 N–H and O–H groups in total. The van der Waals surface area contributed by atoms with E-state index in [9.17, 15) is 14.9 Å². The number of halogens is 1. The Bertz CT molecular complexity index is 824. The number of hydrogen-bond donors (Lipinski definition) is 0. The van der Waals surface area contributed by atoms with Crippen LogP contribution in [0.4, 0.5) is 11.4 Å². The van der Waals surface area contributed by atoms with Gasteiger partial charge >= 0.3 is 0 Å². The topological polar surface area (TPSA) is 72.7 Å². The molecule has 7 heteroatoms. The zero-order valence-corrected chi connectivity index (χ0v) is 14.4. The molecule has 1 amide bonds. The standard InChI is InChI=1S/C18H17ClN2O4/c1-12(25-17-9-8-14(21(23)24)11-15(17)19)18(22)20-10-4-6-13-5-2-3-7-16(13)20/h2-3,5,7-9,11-12H,4,6,10H2,1H3. The molecular weight excluding hydrogens is 344 g/mol. The molecule has 0 aromatic heterocycles. The van der Waals surface area contributed by atoms with E-state index in [4.69, 9.17) is 16.3 Å². The van der Waals surface area contributed by atoms with E-state index in [1.54, 1.807) is 11.8 Å². The van der Waals surface area contributed by atoms with E-state index in [2.05, 4.69) is 0 Å². The van der Waals surface area contributed by atoms with Crippen LogP contribution >= 0.6 is 11.6 Å². The van der Waals surface area contributed by atoms with Gasteiger partial charge in [-0.05, 0) is 37.5 Å². The highest BCUT2D eigenvalue weighted by Crippen LogP contribution is 2.31. The van der Waals surface area contributed by atoms with Gasteiger partial charge in [0.2, 0.25) is 0 Å². The highest BCUT2D eigenvalue weighted by Gasteiger charge is 2.27. The first-order valence-corrected chi connectivity index (χ1v) is 8.35. The average Bonchev–Trinajstić information content (AvgIpc) is 2.62. The van der Waals surface area contributed by atoms with Gasteiger partial charge in [-0.3, -0.25) is 14.9 Å². The lowest BCUT2D eigenvalue weighted by atomic mass is 10.0. The van der Waals surface area contributed by atoms with Crippen LogP contribution in [0.5, 0.6) is 5.75 Å². The molecule has 1 aliphatic rings. The Morgan fingerprint density at radius 3 is 2.80 bits per heavy atom. The minimum absolute atomic E-state index is 0.105. The molecular formula is C18H17ClN2O4. The molecule has 0 radical (unpaired) electrons. The summed E-state index contributed by atoms with van der Waals surface area (Å²) in [6.07, 6.45) is 1.09. The summed E-state index contributed by atoms with van der Waals surface area (Å²) >= 11 is 6.03. The fourth-order valence-electron chi connectivity index (χ4n) is 2.92. The van der Waals surface area contributed by atoms with E-state index in [1.165, 1.54) is 18.2 Å². The smallest absolute Gasteiger partial charge is 0.271 e. The first kappa shape index (κ1) is 17.2. The summed E-state index contributed by atoms with van der Waals surface area (Å²) in [5, 5.41) is 10.9. The number of anilines is 1. The number of aryl methyl sites for hydroxylation is 1. The fourth-order valence-corrected chi connectivity index (χ4v) is 3.14. The van der Waals surface area contributed by atoms with Crippen molar-refractivity contribution in [2.24, 2.45) is 0 Å². The summed E-state index contributed by atoms with van der Waals surface area (Å²) in [4.78, 5) is 24.8. The molecule has 1 atom stereocenters. The van der Waals surface area contributed by atoms with Crippen molar-refractivity contribution in [3.8, 4) is 5.75 Å². The molecule has 1 heterocycles. The van der Waals surface area contributed by atoms with Crippen LogP contribution in [0.2, 0.25) is 5.02 Å². The zero-order valence-electron chi connectivity index (χ0n) is 13.6. The van der Waals surface area contributed by atoms with Crippen LogP contribution < -0.4 is 9.64 Å². The molecule has 0 bridgehead atoms. The van der Waals surface area contributed by atoms with Gasteiger partial charge in [0.1, 0.15) is 5.75 Å². The van der Waals surface area contributed by atoms with Gasteiger partial charge in [-0.15, -0.1) is 0 Å². The number of ether oxygens (including phenoxy) is 1. The van der Waals surface area contributed by atoms with Crippen LogP contribution in [0.3, 0.4) is 0 Å². The maximum atomic E-state index is 12.8. The second-order valence-corrected chi connectivity index (χ2v) is 6.26. The normalized spacial score (nSPS) is 14.6. The second kappa shape index (κ2) is 7.11. The largest absolute Gasteiger partial charge is 0.479 e. The van der Waals surface area contributed by atoms with Crippen molar-refractivity contribution < 1.29 is 14.5 Å². The molecule has 130 valence electrons. The van der Waals surface area contributed by atoms with E-state index in [1.807, 2.05) is 24.3 Å². The summed E-state index contributed by atoms with van der Waals surface area (Å²) in [5.41, 5.74) is 1.92. The average molecular weight is 361 g/mol. The van der Waals surface area contributed by atoms with Crippen molar-refractivity contribution in [2.75, 3.05) is 11.4 Å². The third-order valence-electron chi connectivity index (χ3n) is 4.15. The lowest BCUT2D eigenvalue weighted by molar-refractivity contribution is -0.384. The van der Waals surface area contributed by atoms with Crippen molar-refractivity contribution in [3.05, 3.63) is 63.2 Å². The number of nitro benzene ring substituents is 1. The Morgan fingerprint density at radius 2 is 2.08 bits per heavy atom. The predicted molar refractivity (Wildman–Crippen MR) is 95.3 cm³/mol. The Kier molecular flexibility index (Phi) is 4.90. The molecule has 0 spiro atoms. The van der Waals surface area contributed by atoms with Crippen LogP contribution in [-0.2, 0) is 11.2 Å². The van der Waals surface area contributed by atoms with Gasteiger partial charge in [0.15, 0.2) is 6.10 Å². The molecule has 0 saturated carbocycles. The number of fused-ring (bicyclic) bond motifs is 1. The molecule has 1 unspecified atom stereocenters. The van der Waals surface area contributed by atoms with E-state index in [0.29, 0.717) is 6.54 Å². The van der Waals surface area contributed by atoms with Gasteiger partial charge < -0.3 is 9.64 Å². The summed E-state index contributed by atoms with van der Waals surface area (Å²) in [6.45, 7) is 2.29. The van der Waals surface area contributed by atoms with Crippen LogP contribution in [-0.4, -0.2) is 23.5 Å². The SMILES string of the molecule is CC(Oc1ccc([N+](=O)[O-])cc1Cl)C(=O)N1CCCc2ccccc21. The third kappa shape index (κ3) is 3.58. The summed E-state index contributed by atoms with van der Waals surface area (Å²) in [7, 11) is 0. The summed E-state index contributed by atoms with van der Waals surface area (Å²) in [5.74, 6) is 0.0833. The first-order valence-electron chi connectivity index (χ1n) is 7.97. The fraction of sp³-hybridized carbons (Fsp3) is 0.278. The monoisotopic (exact) mass is 360 g/mol.